The third kappa shape index (κ3) is 1.15. The van der Waals surface area contributed by atoms with Crippen molar-refractivity contribution in [2.75, 3.05) is 6.54 Å². The van der Waals surface area contributed by atoms with Crippen molar-refractivity contribution in [1.82, 2.24) is 5.32 Å². The lowest BCUT2D eigenvalue weighted by molar-refractivity contribution is 0.157. The van der Waals surface area contributed by atoms with Gasteiger partial charge in [-0.25, -0.2) is 0 Å². The minimum atomic E-state index is 0. The molecule has 0 aromatic rings. The molecule has 0 saturated carbocycles. The van der Waals surface area contributed by atoms with E-state index in [0.717, 1.165) is 5.92 Å². The van der Waals surface area contributed by atoms with Crippen LogP contribution in [0.1, 0.15) is 20.8 Å². The molecule has 0 amide bonds. The SMILES string of the molecule is CC1CNC1(C)C.Cl. The van der Waals surface area contributed by atoms with Crippen molar-refractivity contribution in [2.24, 2.45) is 5.92 Å². The van der Waals surface area contributed by atoms with Gasteiger partial charge in [0.25, 0.3) is 0 Å². The minimum absolute atomic E-state index is 0. The second-order valence-corrected chi connectivity index (χ2v) is 3.00. The second-order valence-electron chi connectivity index (χ2n) is 3.00. The highest BCUT2D eigenvalue weighted by Crippen LogP contribution is 2.23. The summed E-state index contributed by atoms with van der Waals surface area (Å²) < 4.78 is 0. The van der Waals surface area contributed by atoms with Crippen LogP contribution in [0, 0.1) is 5.92 Å². The van der Waals surface area contributed by atoms with Crippen molar-refractivity contribution < 1.29 is 0 Å². The van der Waals surface area contributed by atoms with Crippen LogP contribution in [-0.4, -0.2) is 12.1 Å². The monoisotopic (exact) mass is 135 g/mol. The number of rotatable bonds is 0. The number of hydrogen-bond acceptors (Lipinski definition) is 1. The minimum Gasteiger partial charge on any atom is -0.311 e. The zero-order valence-electron chi connectivity index (χ0n) is 5.69. The largest absolute Gasteiger partial charge is 0.311 e. The third-order valence-corrected chi connectivity index (χ3v) is 2.10. The molecular weight excluding hydrogens is 122 g/mol. The number of halogens is 1. The molecular formula is C6H14ClN. The van der Waals surface area contributed by atoms with Gasteiger partial charge < -0.3 is 5.32 Å². The van der Waals surface area contributed by atoms with E-state index in [1.807, 2.05) is 0 Å². The molecule has 0 bridgehead atoms. The van der Waals surface area contributed by atoms with Crippen molar-refractivity contribution in [3.63, 3.8) is 0 Å². The van der Waals surface area contributed by atoms with E-state index in [2.05, 4.69) is 26.1 Å². The van der Waals surface area contributed by atoms with Crippen molar-refractivity contribution in [1.29, 1.82) is 0 Å². The van der Waals surface area contributed by atoms with Crippen molar-refractivity contribution in [3.05, 3.63) is 0 Å². The molecule has 2 heteroatoms. The van der Waals surface area contributed by atoms with Gasteiger partial charge >= 0.3 is 0 Å². The Morgan fingerprint density at radius 1 is 1.50 bits per heavy atom. The molecule has 1 saturated heterocycles. The standard InChI is InChI=1S/C6H13N.ClH/c1-5-4-7-6(5,2)3;/h5,7H,4H2,1-3H3;1H. The first-order chi connectivity index (χ1) is 3.13. The first-order valence-corrected chi connectivity index (χ1v) is 2.88. The molecule has 1 rings (SSSR count). The van der Waals surface area contributed by atoms with Gasteiger partial charge in [0.1, 0.15) is 0 Å². The lowest BCUT2D eigenvalue weighted by Gasteiger charge is -2.43. The van der Waals surface area contributed by atoms with Crippen molar-refractivity contribution in [2.45, 2.75) is 26.3 Å². The second kappa shape index (κ2) is 2.24. The molecule has 1 aliphatic rings. The average Bonchev–Trinajstić information content (AvgIpc) is 1.63. The molecule has 0 spiro atoms. The van der Waals surface area contributed by atoms with Gasteiger partial charge in [0.05, 0.1) is 0 Å². The van der Waals surface area contributed by atoms with Gasteiger partial charge in [0.2, 0.25) is 0 Å². The summed E-state index contributed by atoms with van der Waals surface area (Å²) in [6, 6.07) is 0. The molecule has 0 aliphatic carbocycles. The van der Waals surface area contributed by atoms with Crippen LogP contribution in [0.2, 0.25) is 0 Å². The quantitative estimate of drug-likeness (QED) is 0.530. The topological polar surface area (TPSA) is 12.0 Å². The van der Waals surface area contributed by atoms with Crippen LogP contribution >= 0.6 is 12.4 Å². The van der Waals surface area contributed by atoms with E-state index < -0.39 is 0 Å². The Bertz CT molecular complexity index is 80.6. The van der Waals surface area contributed by atoms with Crippen molar-refractivity contribution in [3.8, 4) is 0 Å². The highest BCUT2D eigenvalue weighted by atomic mass is 35.5. The van der Waals surface area contributed by atoms with E-state index >= 15 is 0 Å². The molecule has 8 heavy (non-hydrogen) atoms. The fourth-order valence-electron chi connectivity index (χ4n) is 0.714. The maximum Gasteiger partial charge on any atom is 0.0162 e. The van der Waals surface area contributed by atoms with Gasteiger partial charge in [-0.1, -0.05) is 6.92 Å². The van der Waals surface area contributed by atoms with E-state index in [0.29, 0.717) is 5.54 Å². The van der Waals surface area contributed by atoms with Gasteiger partial charge in [0.15, 0.2) is 0 Å². The Hall–Kier alpha value is 0.250. The zero-order valence-corrected chi connectivity index (χ0v) is 6.51. The van der Waals surface area contributed by atoms with Crippen LogP contribution in [-0.2, 0) is 0 Å². The summed E-state index contributed by atoms with van der Waals surface area (Å²) in [5, 5.41) is 3.33. The van der Waals surface area contributed by atoms with Gasteiger partial charge in [-0.05, 0) is 26.3 Å². The third-order valence-electron chi connectivity index (χ3n) is 2.10. The summed E-state index contributed by atoms with van der Waals surface area (Å²) in [5.41, 5.74) is 0.431. The highest BCUT2D eigenvalue weighted by molar-refractivity contribution is 5.85. The predicted octanol–water partition coefficient (Wildman–Crippen LogP) is 1.43. The molecule has 1 nitrogen and oxygen atoms in total. The van der Waals surface area contributed by atoms with Crippen LogP contribution < -0.4 is 5.32 Å². The van der Waals surface area contributed by atoms with E-state index in [-0.39, 0.29) is 12.4 Å². The molecule has 1 aliphatic heterocycles. The first-order valence-electron chi connectivity index (χ1n) is 2.88. The zero-order chi connectivity index (χ0) is 5.49. The van der Waals surface area contributed by atoms with E-state index in [1.165, 1.54) is 6.54 Å². The lowest BCUT2D eigenvalue weighted by Crippen LogP contribution is -2.59. The Kier molecular flexibility index (Phi) is 2.31. The summed E-state index contributed by atoms with van der Waals surface area (Å²) in [6.45, 7) is 7.95. The maximum absolute atomic E-state index is 3.33. The summed E-state index contributed by atoms with van der Waals surface area (Å²) in [7, 11) is 0. The van der Waals surface area contributed by atoms with Crippen LogP contribution in [0.3, 0.4) is 0 Å². The van der Waals surface area contributed by atoms with Gasteiger partial charge in [-0.2, -0.15) is 0 Å². The summed E-state index contributed by atoms with van der Waals surface area (Å²) in [6.07, 6.45) is 0. The normalized spacial score (nSPS) is 32.6. The van der Waals surface area contributed by atoms with Crippen LogP contribution in [0.4, 0.5) is 0 Å². The maximum atomic E-state index is 3.33. The van der Waals surface area contributed by atoms with Gasteiger partial charge in [-0.3, -0.25) is 0 Å². The summed E-state index contributed by atoms with van der Waals surface area (Å²) >= 11 is 0. The smallest absolute Gasteiger partial charge is 0.0162 e. The Morgan fingerprint density at radius 2 is 1.88 bits per heavy atom. The highest BCUT2D eigenvalue weighted by Gasteiger charge is 2.33. The Labute approximate surface area is 57.3 Å². The van der Waals surface area contributed by atoms with Gasteiger partial charge in [-0.15, -0.1) is 12.4 Å². The number of nitrogens with one attached hydrogen (secondary N) is 1. The van der Waals surface area contributed by atoms with Gasteiger partial charge in [0, 0.05) is 5.54 Å². The average molecular weight is 136 g/mol. The van der Waals surface area contributed by atoms with Crippen LogP contribution in [0.5, 0.6) is 0 Å². The molecule has 1 fully saturated rings. The lowest BCUT2D eigenvalue weighted by atomic mass is 9.81. The molecule has 0 aromatic carbocycles. The number of hydrogen-bond donors (Lipinski definition) is 1. The fraction of sp³-hybridized carbons (Fsp3) is 1.00. The fourth-order valence-corrected chi connectivity index (χ4v) is 0.714. The van der Waals surface area contributed by atoms with Crippen molar-refractivity contribution >= 4 is 12.4 Å². The van der Waals surface area contributed by atoms with Crippen LogP contribution in [0.25, 0.3) is 0 Å². The predicted molar refractivity (Wildman–Crippen MR) is 38.5 cm³/mol. The molecule has 0 radical (unpaired) electrons. The molecule has 1 unspecified atom stereocenters. The van der Waals surface area contributed by atoms with E-state index in [1.54, 1.807) is 0 Å². The Balaban J connectivity index is 0.000000490. The molecule has 1 atom stereocenters. The first kappa shape index (κ1) is 8.25. The Morgan fingerprint density at radius 3 is 1.88 bits per heavy atom. The van der Waals surface area contributed by atoms with Crippen LogP contribution in [0.15, 0.2) is 0 Å². The summed E-state index contributed by atoms with van der Waals surface area (Å²) in [4.78, 5) is 0. The molecule has 1 N–H and O–H groups in total. The summed E-state index contributed by atoms with van der Waals surface area (Å²) in [5.74, 6) is 0.868. The van der Waals surface area contributed by atoms with E-state index in [4.69, 9.17) is 0 Å². The molecule has 0 aromatic heterocycles. The molecule has 1 heterocycles. The van der Waals surface area contributed by atoms with E-state index in [9.17, 15) is 0 Å². The molecule has 50 valence electrons.